The third-order valence-electron chi connectivity index (χ3n) is 6.79. The molecule has 0 atom stereocenters. The van der Waals surface area contributed by atoms with Crippen molar-refractivity contribution in [2.24, 2.45) is 11.3 Å². The van der Waals surface area contributed by atoms with Crippen LogP contribution in [-0.4, -0.2) is 12.7 Å². The number of unbranched alkanes of at least 4 members (excludes halogenated alkanes) is 3. The molecule has 0 saturated heterocycles. The molecule has 146 valence electrons. The molecule has 2 saturated carbocycles. The first-order valence-corrected chi connectivity index (χ1v) is 11.6. The van der Waals surface area contributed by atoms with Crippen LogP contribution in [0.3, 0.4) is 0 Å². The van der Waals surface area contributed by atoms with Crippen molar-refractivity contribution in [2.75, 3.05) is 6.61 Å². The minimum Gasteiger partial charge on any atom is -0.374 e. The third-order valence-corrected chi connectivity index (χ3v) is 6.79. The Bertz CT molecular complexity index is 345. The predicted octanol–water partition coefficient (Wildman–Crippen LogP) is 7.84. The van der Waals surface area contributed by atoms with E-state index < -0.39 is 0 Å². The Kier molecular flexibility index (Phi) is 10.2. The Morgan fingerprint density at radius 3 is 2.28 bits per heavy atom. The van der Waals surface area contributed by atoms with Crippen molar-refractivity contribution in [3.05, 3.63) is 12.2 Å². The van der Waals surface area contributed by atoms with E-state index in [2.05, 4.69) is 26.0 Å². The van der Waals surface area contributed by atoms with Crippen molar-refractivity contribution in [2.45, 2.75) is 123 Å². The smallest absolute Gasteiger partial charge is 0.0651 e. The van der Waals surface area contributed by atoms with E-state index in [0.717, 1.165) is 12.5 Å². The lowest BCUT2D eigenvalue weighted by Gasteiger charge is -2.35. The fourth-order valence-corrected chi connectivity index (χ4v) is 5.04. The van der Waals surface area contributed by atoms with Crippen LogP contribution in [0.2, 0.25) is 0 Å². The van der Waals surface area contributed by atoms with Gasteiger partial charge in [-0.25, -0.2) is 0 Å². The Hall–Kier alpha value is -0.300. The topological polar surface area (TPSA) is 9.23 Å². The zero-order valence-electron chi connectivity index (χ0n) is 17.2. The molecule has 0 bridgehead atoms. The van der Waals surface area contributed by atoms with Gasteiger partial charge in [0.05, 0.1) is 12.7 Å². The van der Waals surface area contributed by atoms with Gasteiger partial charge in [-0.05, 0) is 56.3 Å². The van der Waals surface area contributed by atoms with E-state index in [0.29, 0.717) is 11.5 Å². The molecule has 0 unspecified atom stereocenters. The summed E-state index contributed by atoms with van der Waals surface area (Å²) < 4.78 is 6.21. The molecule has 0 amide bonds. The molecule has 2 aliphatic rings. The monoisotopic (exact) mass is 348 g/mol. The van der Waals surface area contributed by atoms with E-state index in [1.165, 1.54) is 103 Å². The molecule has 1 nitrogen and oxygen atoms in total. The van der Waals surface area contributed by atoms with Crippen molar-refractivity contribution in [3.63, 3.8) is 0 Å². The van der Waals surface area contributed by atoms with Gasteiger partial charge in [-0.3, -0.25) is 0 Å². The molecule has 0 radical (unpaired) electrons. The lowest BCUT2D eigenvalue weighted by molar-refractivity contribution is 0.0329. The van der Waals surface area contributed by atoms with Gasteiger partial charge < -0.3 is 4.74 Å². The highest BCUT2D eigenvalue weighted by Crippen LogP contribution is 2.41. The second-order valence-corrected chi connectivity index (χ2v) is 8.90. The van der Waals surface area contributed by atoms with Gasteiger partial charge in [0.25, 0.3) is 0 Å². The van der Waals surface area contributed by atoms with Crippen LogP contribution in [0.4, 0.5) is 0 Å². The summed E-state index contributed by atoms with van der Waals surface area (Å²) in [6.07, 6.45) is 27.7. The van der Waals surface area contributed by atoms with E-state index >= 15 is 0 Å². The van der Waals surface area contributed by atoms with E-state index in [-0.39, 0.29) is 0 Å². The average Bonchev–Trinajstić information content (AvgIpc) is 2.66. The highest BCUT2D eigenvalue weighted by Gasteiger charge is 2.28. The van der Waals surface area contributed by atoms with Crippen LogP contribution in [-0.2, 0) is 4.74 Å². The van der Waals surface area contributed by atoms with E-state index in [4.69, 9.17) is 4.74 Å². The summed E-state index contributed by atoms with van der Waals surface area (Å²) in [5.74, 6) is 0.987. The van der Waals surface area contributed by atoms with Gasteiger partial charge in [0.15, 0.2) is 0 Å². The van der Waals surface area contributed by atoms with Gasteiger partial charge in [0, 0.05) is 0 Å². The van der Waals surface area contributed by atoms with Crippen molar-refractivity contribution < 1.29 is 4.74 Å². The quantitative estimate of drug-likeness (QED) is 0.273. The maximum absolute atomic E-state index is 6.21. The van der Waals surface area contributed by atoms with Gasteiger partial charge in [-0.1, -0.05) is 83.8 Å². The summed E-state index contributed by atoms with van der Waals surface area (Å²) in [5, 5.41) is 0. The second kappa shape index (κ2) is 12.2. The van der Waals surface area contributed by atoms with Gasteiger partial charge in [0.2, 0.25) is 0 Å². The minimum atomic E-state index is 0.508. The summed E-state index contributed by atoms with van der Waals surface area (Å²) >= 11 is 0. The predicted molar refractivity (Wildman–Crippen MR) is 110 cm³/mol. The van der Waals surface area contributed by atoms with Crippen molar-refractivity contribution in [1.29, 1.82) is 0 Å². The Morgan fingerprint density at radius 2 is 1.60 bits per heavy atom. The van der Waals surface area contributed by atoms with Crippen molar-refractivity contribution in [1.82, 2.24) is 0 Å². The van der Waals surface area contributed by atoms with Crippen molar-refractivity contribution >= 4 is 0 Å². The fraction of sp³-hybridized carbons (Fsp3) is 0.917. The minimum absolute atomic E-state index is 0.508. The molecular weight excluding hydrogens is 304 g/mol. The molecule has 2 rings (SSSR count). The van der Waals surface area contributed by atoms with Crippen LogP contribution in [0.1, 0.15) is 117 Å². The third kappa shape index (κ3) is 7.85. The molecule has 25 heavy (non-hydrogen) atoms. The molecule has 0 heterocycles. The normalized spacial score (nSPS) is 27.0. The number of allylic oxidation sites excluding steroid dienone is 1. The number of rotatable bonds is 11. The first-order chi connectivity index (χ1) is 12.3. The fourth-order valence-electron chi connectivity index (χ4n) is 5.04. The van der Waals surface area contributed by atoms with Gasteiger partial charge in [-0.2, -0.15) is 0 Å². The first kappa shape index (κ1) is 21.0. The van der Waals surface area contributed by atoms with Crippen LogP contribution in [0.5, 0.6) is 0 Å². The SMILES string of the molecule is CCCCC[C@H]1CC[C@H](OC/C=C/C2(CCCC)CCCCC2)CC1. The maximum atomic E-state index is 6.21. The molecule has 0 aromatic rings. The molecule has 0 spiro atoms. The highest BCUT2D eigenvalue weighted by atomic mass is 16.5. The molecule has 0 aromatic carbocycles. The van der Waals surface area contributed by atoms with Gasteiger partial charge >= 0.3 is 0 Å². The maximum Gasteiger partial charge on any atom is 0.0651 e. The van der Waals surface area contributed by atoms with E-state index in [9.17, 15) is 0 Å². The Balaban J connectivity index is 1.64. The summed E-state index contributed by atoms with van der Waals surface area (Å²) in [6.45, 7) is 5.47. The molecule has 2 aliphatic carbocycles. The molecule has 2 fully saturated rings. The van der Waals surface area contributed by atoms with Crippen LogP contribution in [0.25, 0.3) is 0 Å². The molecular formula is C24H44O. The lowest BCUT2D eigenvalue weighted by Crippen LogP contribution is -2.23. The van der Waals surface area contributed by atoms with Gasteiger partial charge in [0.1, 0.15) is 0 Å². The summed E-state index contributed by atoms with van der Waals surface area (Å²) in [7, 11) is 0. The molecule has 0 N–H and O–H groups in total. The number of hydrogen-bond donors (Lipinski definition) is 0. The summed E-state index contributed by atoms with van der Waals surface area (Å²) in [4.78, 5) is 0. The standard InChI is InChI=1S/C24H44O/c1-3-5-8-12-22-13-15-23(16-14-22)25-21-11-20-24(17-6-4-2)18-9-7-10-19-24/h11,20,22-23H,3-10,12-19,21H2,1-2H3/b20-11+/t22-,23-. The second-order valence-electron chi connectivity index (χ2n) is 8.90. The van der Waals surface area contributed by atoms with Crippen LogP contribution in [0.15, 0.2) is 12.2 Å². The summed E-state index contributed by atoms with van der Waals surface area (Å²) in [6, 6.07) is 0. The highest BCUT2D eigenvalue weighted by molar-refractivity contribution is 5.01. The number of ether oxygens (including phenoxy) is 1. The Morgan fingerprint density at radius 1 is 0.880 bits per heavy atom. The van der Waals surface area contributed by atoms with Crippen LogP contribution < -0.4 is 0 Å². The van der Waals surface area contributed by atoms with Gasteiger partial charge in [-0.15, -0.1) is 0 Å². The Labute approximate surface area is 158 Å². The van der Waals surface area contributed by atoms with Crippen LogP contribution >= 0.6 is 0 Å². The summed E-state index contributed by atoms with van der Waals surface area (Å²) in [5.41, 5.74) is 0.508. The van der Waals surface area contributed by atoms with Crippen molar-refractivity contribution in [3.8, 4) is 0 Å². The largest absolute Gasteiger partial charge is 0.374 e. The zero-order valence-corrected chi connectivity index (χ0v) is 17.2. The first-order valence-electron chi connectivity index (χ1n) is 11.6. The number of hydrogen-bond acceptors (Lipinski definition) is 1. The molecule has 0 aromatic heterocycles. The lowest BCUT2D eigenvalue weighted by atomic mass is 9.71. The molecule has 0 aliphatic heterocycles. The molecule has 1 heteroatoms. The van der Waals surface area contributed by atoms with E-state index in [1.54, 1.807) is 0 Å². The van der Waals surface area contributed by atoms with Crippen LogP contribution in [0, 0.1) is 11.3 Å². The zero-order chi connectivity index (χ0) is 17.8. The average molecular weight is 349 g/mol. The van der Waals surface area contributed by atoms with E-state index in [1.807, 2.05) is 0 Å².